The molecule has 0 radical (unpaired) electrons. The van der Waals surface area contributed by atoms with Crippen LogP contribution in [0, 0.1) is 11.8 Å². The van der Waals surface area contributed by atoms with Crippen molar-refractivity contribution >= 4 is 33.2 Å². The largest absolute Gasteiger partial charge is 0.490 e. The molecule has 1 N–H and O–H groups in total. The molecule has 1 saturated heterocycles. The Bertz CT molecular complexity index is 1640. The number of amides is 1. The van der Waals surface area contributed by atoms with E-state index in [9.17, 15) is 13.2 Å². The van der Waals surface area contributed by atoms with Crippen molar-refractivity contribution in [1.29, 1.82) is 0 Å². The fourth-order valence-electron chi connectivity index (χ4n) is 8.77. The molecule has 1 saturated carbocycles. The zero-order valence-corrected chi connectivity index (χ0v) is 29.4. The number of anilines is 1. The molecule has 1 amide bonds. The third kappa shape index (κ3) is 6.63. The summed E-state index contributed by atoms with van der Waals surface area (Å²) in [5.74, 6) is 0.708. The zero-order valence-electron chi connectivity index (χ0n) is 27.9. The van der Waals surface area contributed by atoms with Crippen molar-refractivity contribution in [1.82, 2.24) is 4.72 Å². The minimum atomic E-state index is -4.15. The normalized spacial score (nSPS) is 33.8. The average Bonchev–Trinajstić information content (AvgIpc) is 3.53. The lowest BCUT2D eigenvalue weighted by atomic mass is 9.68. The summed E-state index contributed by atoms with van der Waals surface area (Å²) in [7, 11) is -0.877. The Balaban J connectivity index is 1.28. The SMILES string of the molecule is COC1C/C=C/[C@H](OC)[C@@H]2CC[C@H]2CN2C[C@@]3(CCCc4cc(Cl)ccc43)COc3ccc(cc32)C(=O)NS(=O)(=O)[C@H]1C[C@H]1CCCO1. The number of nitrogens with one attached hydrogen (secondary N) is 1. The van der Waals surface area contributed by atoms with Crippen LogP contribution in [0.2, 0.25) is 5.02 Å². The van der Waals surface area contributed by atoms with E-state index in [1.807, 2.05) is 18.2 Å². The van der Waals surface area contributed by atoms with E-state index in [0.29, 0.717) is 43.8 Å². The Morgan fingerprint density at radius 2 is 1.96 bits per heavy atom. The van der Waals surface area contributed by atoms with Gasteiger partial charge in [-0.3, -0.25) is 4.79 Å². The van der Waals surface area contributed by atoms with Crippen LogP contribution < -0.4 is 14.4 Å². The summed E-state index contributed by atoms with van der Waals surface area (Å²) in [5.41, 5.74) is 3.37. The lowest BCUT2D eigenvalue weighted by Crippen LogP contribution is -2.49. The van der Waals surface area contributed by atoms with Gasteiger partial charge in [-0.2, -0.15) is 0 Å². The number of fused-ring (bicyclic) bond motifs is 4. The summed E-state index contributed by atoms with van der Waals surface area (Å²) in [6.07, 6.45) is 10.5. The van der Waals surface area contributed by atoms with Gasteiger partial charge in [-0.15, -0.1) is 0 Å². The highest BCUT2D eigenvalue weighted by molar-refractivity contribution is 7.90. The first kappa shape index (κ1) is 33.8. The van der Waals surface area contributed by atoms with Crippen LogP contribution >= 0.6 is 11.6 Å². The highest BCUT2D eigenvalue weighted by Crippen LogP contribution is 2.47. The number of carbonyl (C=O) groups excluding carboxylic acids is 1. The lowest BCUT2D eigenvalue weighted by Gasteiger charge is -2.46. The van der Waals surface area contributed by atoms with E-state index < -0.39 is 27.3 Å². The third-order valence-electron chi connectivity index (χ3n) is 11.5. The Hall–Kier alpha value is -2.63. The van der Waals surface area contributed by atoms with Gasteiger partial charge in [0.1, 0.15) is 11.0 Å². The number of nitrogens with zero attached hydrogens (tertiary/aromatic N) is 1. The minimum absolute atomic E-state index is 0.109. The van der Waals surface area contributed by atoms with Gasteiger partial charge in [-0.1, -0.05) is 29.8 Å². The van der Waals surface area contributed by atoms with E-state index >= 15 is 0 Å². The third-order valence-corrected chi connectivity index (χ3v) is 13.5. The van der Waals surface area contributed by atoms with Crippen molar-refractivity contribution in [2.24, 2.45) is 11.8 Å². The van der Waals surface area contributed by atoms with Crippen LogP contribution in [0.1, 0.15) is 72.9 Å². The van der Waals surface area contributed by atoms with Crippen molar-refractivity contribution < 1.29 is 32.2 Å². The van der Waals surface area contributed by atoms with Crippen molar-refractivity contribution in [3.05, 3.63) is 70.3 Å². The van der Waals surface area contributed by atoms with Crippen LogP contribution in [-0.4, -0.2) is 78.4 Å². The minimum Gasteiger partial charge on any atom is -0.490 e. The van der Waals surface area contributed by atoms with Crippen molar-refractivity contribution in [2.75, 3.05) is 45.4 Å². The molecule has 2 fully saturated rings. The molecule has 2 aliphatic carbocycles. The molecule has 5 aliphatic rings. The van der Waals surface area contributed by atoms with E-state index in [2.05, 4.69) is 27.8 Å². The van der Waals surface area contributed by atoms with Gasteiger partial charge in [0, 0.05) is 49.9 Å². The maximum Gasteiger partial charge on any atom is 0.264 e. The van der Waals surface area contributed by atoms with Crippen LogP contribution in [-0.2, 0) is 36.1 Å². The molecule has 3 heterocycles. The summed E-state index contributed by atoms with van der Waals surface area (Å²) < 4.78 is 54.8. The maximum atomic E-state index is 14.0. The molecule has 7 rings (SSSR count). The lowest BCUT2D eigenvalue weighted by molar-refractivity contribution is 0.0128. The number of methoxy groups -OCH3 is 2. The van der Waals surface area contributed by atoms with E-state index in [4.69, 9.17) is 30.5 Å². The van der Waals surface area contributed by atoms with Gasteiger partial charge in [0.05, 0.1) is 30.6 Å². The average molecular weight is 699 g/mol. The molecular weight excluding hydrogens is 652 g/mol. The van der Waals surface area contributed by atoms with Crippen LogP contribution in [0.25, 0.3) is 0 Å². The van der Waals surface area contributed by atoms with Gasteiger partial charge in [0.2, 0.25) is 10.0 Å². The molecule has 2 aromatic carbocycles. The van der Waals surface area contributed by atoms with Crippen molar-refractivity contribution in [2.45, 2.75) is 86.8 Å². The first-order chi connectivity index (χ1) is 23.2. The van der Waals surface area contributed by atoms with E-state index in [0.717, 1.165) is 62.2 Å². The van der Waals surface area contributed by atoms with E-state index in [-0.39, 0.29) is 29.6 Å². The fourth-order valence-corrected chi connectivity index (χ4v) is 10.6. The van der Waals surface area contributed by atoms with Gasteiger partial charge < -0.3 is 23.8 Å². The van der Waals surface area contributed by atoms with Crippen LogP contribution in [0.4, 0.5) is 5.69 Å². The molecule has 48 heavy (non-hydrogen) atoms. The summed E-state index contributed by atoms with van der Waals surface area (Å²) in [5, 5.41) is -0.241. The van der Waals surface area contributed by atoms with Crippen LogP contribution in [0.15, 0.2) is 48.6 Å². The highest BCUT2D eigenvalue weighted by Gasteiger charge is 2.45. The summed E-state index contributed by atoms with van der Waals surface area (Å²) in [6.45, 7) is 2.60. The quantitative estimate of drug-likeness (QED) is 0.399. The number of sulfonamides is 1. The topological polar surface area (TPSA) is 103 Å². The number of ether oxygens (including phenoxy) is 4. The molecule has 7 atom stereocenters. The molecule has 2 aromatic rings. The number of halogens is 1. The Morgan fingerprint density at radius 1 is 1.08 bits per heavy atom. The van der Waals surface area contributed by atoms with E-state index in [1.54, 1.807) is 19.2 Å². The summed E-state index contributed by atoms with van der Waals surface area (Å²) in [4.78, 5) is 16.2. The second-order valence-corrected chi connectivity index (χ2v) is 16.6. The van der Waals surface area contributed by atoms with Crippen LogP contribution in [0.3, 0.4) is 0 Å². The van der Waals surface area contributed by atoms with E-state index in [1.165, 1.54) is 18.2 Å². The molecule has 11 heteroatoms. The second kappa shape index (κ2) is 13.9. The van der Waals surface area contributed by atoms with Crippen LogP contribution in [0.5, 0.6) is 5.75 Å². The Labute approximate surface area is 289 Å². The predicted octanol–water partition coefficient (Wildman–Crippen LogP) is 5.83. The maximum absolute atomic E-state index is 14.0. The number of carbonyl (C=O) groups is 1. The highest BCUT2D eigenvalue weighted by atomic mass is 35.5. The molecule has 0 aromatic heterocycles. The summed E-state index contributed by atoms with van der Waals surface area (Å²) in [6, 6.07) is 11.5. The zero-order chi connectivity index (χ0) is 33.5. The molecule has 260 valence electrons. The molecule has 1 unspecified atom stereocenters. The molecule has 2 bridgehead atoms. The van der Waals surface area contributed by atoms with Gasteiger partial charge in [0.25, 0.3) is 5.91 Å². The monoisotopic (exact) mass is 698 g/mol. The van der Waals surface area contributed by atoms with Gasteiger partial charge in [-0.05, 0) is 111 Å². The standard InChI is InChI=1S/C37H47ClN2O7S/c1-44-32-8-3-9-34(45-2)35(20-28-7-5-17-46-28)48(42,43)39-36(41)25-11-15-33-31(19-25)40(21-26-10-13-29(26)32)22-37(23-47-33)16-4-6-24-18-27(38)12-14-30(24)37/h3,8,11-12,14-15,18-19,26,28-29,32,34-35H,4-7,9-10,13,16-17,20-23H2,1-2H3,(H,39,41)/b8-3+/t26-,28+,29+,32-,34?,35-,37-/m0/s1. The van der Waals surface area contributed by atoms with Crippen molar-refractivity contribution in [3.63, 3.8) is 0 Å². The first-order valence-corrected chi connectivity index (χ1v) is 19.3. The smallest absolute Gasteiger partial charge is 0.264 e. The van der Waals surface area contributed by atoms with Gasteiger partial charge in [0.15, 0.2) is 0 Å². The van der Waals surface area contributed by atoms with Gasteiger partial charge >= 0.3 is 0 Å². The summed E-state index contributed by atoms with van der Waals surface area (Å²) >= 11 is 6.44. The molecule has 1 spiro atoms. The number of hydrogen-bond donors (Lipinski definition) is 1. The molecule has 9 nitrogen and oxygen atoms in total. The fraction of sp³-hybridized carbons (Fsp3) is 0.595. The predicted molar refractivity (Wildman–Crippen MR) is 186 cm³/mol. The van der Waals surface area contributed by atoms with Gasteiger partial charge in [-0.25, -0.2) is 13.1 Å². The molecule has 3 aliphatic heterocycles. The number of hydrogen-bond acceptors (Lipinski definition) is 8. The van der Waals surface area contributed by atoms with Crippen molar-refractivity contribution in [3.8, 4) is 5.75 Å². The number of rotatable bonds is 4. The Morgan fingerprint density at radius 3 is 2.71 bits per heavy atom. The number of benzene rings is 2. The number of aryl methyl sites for hydroxylation is 1. The first-order valence-electron chi connectivity index (χ1n) is 17.4. The Kier molecular flexibility index (Phi) is 9.83. The second-order valence-electron chi connectivity index (χ2n) is 14.3. The molecular formula is C37H47ClN2O7S.